The molecule has 0 spiro atoms. The molecule has 0 aromatic heterocycles. The van der Waals surface area contributed by atoms with Crippen molar-refractivity contribution in [1.82, 2.24) is 0 Å². The fourth-order valence-corrected chi connectivity index (χ4v) is 1.66. The van der Waals surface area contributed by atoms with Crippen LogP contribution in [0.25, 0.3) is 0 Å². The maximum absolute atomic E-state index is 13.2. The van der Waals surface area contributed by atoms with E-state index < -0.39 is 18.0 Å². The number of halogens is 2. The van der Waals surface area contributed by atoms with E-state index in [9.17, 15) is 14.6 Å². The molecule has 1 aromatic rings. The van der Waals surface area contributed by atoms with Gasteiger partial charge in [0.05, 0.1) is 6.10 Å². The van der Waals surface area contributed by atoms with Gasteiger partial charge in [0.25, 0.3) is 0 Å². The van der Waals surface area contributed by atoms with Gasteiger partial charge in [-0.25, -0.2) is 4.39 Å². The van der Waals surface area contributed by atoms with Gasteiger partial charge in [0.15, 0.2) is 0 Å². The monoisotopic (exact) mass is 262 g/mol. The number of rotatable bonds is 4. The third-order valence-corrected chi connectivity index (χ3v) is 2.45. The predicted octanol–water partition coefficient (Wildman–Crippen LogP) is 2.00. The molecule has 2 N–H and O–H groups in total. The van der Waals surface area contributed by atoms with Crippen molar-refractivity contribution in [3.05, 3.63) is 35.6 Å². The van der Waals surface area contributed by atoms with Crippen molar-refractivity contribution in [2.75, 3.05) is 5.33 Å². The first-order chi connectivity index (χ1) is 6.66. The summed E-state index contributed by atoms with van der Waals surface area (Å²) in [5.74, 6) is -0.492. The molecule has 14 heavy (non-hydrogen) atoms. The first-order valence-electron chi connectivity index (χ1n) is 4.33. The van der Waals surface area contributed by atoms with E-state index in [0.29, 0.717) is 11.8 Å². The van der Waals surface area contributed by atoms with Crippen LogP contribution in [0.1, 0.15) is 18.1 Å². The number of benzene rings is 1. The average molecular weight is 263 g/mol. The Labute approximate surface area is 90.5 Å². The Morgan fingerprint density at radius 1 is 1.29 bits per heavy atom. The topological polar surface area (TPSA) is 40.5 Å². The molecule has 1 rings (SSSR count). The minimum Gasteiger partial charge on any atom is -0.390 e. The van der Waals surface area contributed by atoms with E-state index >= 15 is 0 Å². The van der Waals surface area contributed by atoms with Crippen LogP contribution in [0.4, 0.5) is 4.39 Å². The van der Waals surface area contributed by atoms with Crippen molar-refractivity contribution >= 4 is 15.9 Å². The summed E-state index contributed by atoms with van der Waals surface area (Å²) in [6.07, 6.45) is -1.71. The zero-order valence-electron chi connectivity index (χ0n) is 7.53. The largest absolute Gasteiger partial charge is 0.390 e. The van der Waals surface area contributed by atoms with Gasteiger partial charge in [-0.2, -0.15) is 0 Å². The van der Waals surface area contributed by atoms with E-state index in [4.69, 9.17) is 0 Å². The van der Waals surface area contributed by atoms with Crippen LogP contribution < -0.4 is 0 Å². The molecule has 78 valence electrons. The minimum atomic E-state index is -1.16. The fraction of sp³-hybridized carbons (Fsp3) is 0.400. The summed E-state index contributed by atoms with van der Waals surface area (Å²) in [7, 11) is 0. The number of hydrogen-bond donors (Lipinski definition) is 2. The Hall–Kier alpha value is -0.450. The van der Waals surface area contributed by atoms with Gasteiger partial charge in [-0.05, 0) is 12.5 Å². The van der Waals surface area contributed by atoms with Crippen LogP contribution in [0.15, 0.2) is 24.3 Å². The van der Waals surface area contributed by atoms with Gasteiger partial charge in [-0.15, -0.1) is 0 Å². The summed E-state index contributed by atoms with van der Waals surface area (Å²) >= 11 is 3.14. The lowest BCUT2D eigenvalue weighted by Crippen LogP contribution is -2.19. The molecule has 0 aliphatic heterocycles. The summed E-state index contributed by atoms with van der Waals surface area (Å²) in [5.41, 5.74) is 0.140. The Kier molecular flexibility index (Phi) is 4.51. The molecule has 4 heteroatoms. The smallest absolute Gasteiger partial charge is 0.129 e. The SMILES string of the molecule is OC(CCBr)C(O)c1ccccc1F. The van der Waals surface area contributed by atoms with Crippen LogP contribution in [0.2, 0.25) is 0 Å². The lowest BCUT2D eigenvalue weighted by Gasteiger charge is -2.17. The van der Waals surface area contributed by atoms with E-state index in [0.717, 1.165) is 0 Å². The quantitative estimate of drug-likeness (QED) is 0.816. The summed E-state index contributed by atoms with van der Waals surface area (Å²) in [4.78, 5) is 0. The van der Waals surface area contributed by atoms with E-state index in [2.05, 4.69) is 15.9 Å². The molecule has 0 amide bonds. The predicted molar refractivity (Wildman–Crippen MR) is 55.8 cm³/mol. The van der Waals surface area contributed by atoms with Crippen LogP contribution in [-0.2, 0) is 0 Å². The standard InChI is InChI=1S/C10H12BrFO2/c11-6-5-9(13)10(14)7-3-1-2-4-8(7)12/h1-4,9-10,13-14H,5-6H2. The molecule has 0 aliphatic rings. The van der Waals surface area contributed by atoms with E-state index in [-0.39, 0.29) is 5.56 Å². The normalized spacial score (nSPS) is 15.1. The highest BCUT2D eigenvalue weighted by Gasteiger charge is 2.20. The highest BCUT2D eigenvalue weighted by atomic mass is 79.9. The molecule has 0 bridgehead atoms. The van der Waals surface area contributed by atoms with E-state index in [1.165, 1.54) is 12.1 Å². The second-order valence-electron chi connectivity index (χ2n) is 3.01. The zero-order valence-corrected chi connectivity index (χ0v) is 9.11. The molecule has 0 radical (unpaired) electrons. The van der Waals surface area contributed by atoms with Crippen molar-refractivity contribution < 1.29 is 14.6 Å². The molecule has 0 heterocycles. The molecule has 2 unspecified atom stereocenters. The number of aliphatic hydroxyl groups excluding tert-OH is 2. The van der Waals surface area contributed by atoms with Gasteiger partial charge in [0.1, 0.15) is 11.9 Å². The average Bonchev–Trinajstić information content (AvgIpc) is 2.18. The first-order valence-corrected chi connectivity index (χ1v) is 5.45. The lowest BCUT2D eigenvalue weighted by molar-refractivity contribution is 0.0153. The lowest BCUT2D eigenvalue weighted by atomic mass is 10.0. The van der Waals surface area contributed by atoms with E-state index in [1.54, 1.807) is 12.1 Å². The summed E-state index contributed by atoms with van der Waals surface area (Å²) in [5, 5.41) is 19.6. The van der Waals surface area contributed by atoms with Crippen molar-refractivity contribution in [1.29, 1.82) is 0 Å². The molecular weight excluding hydrogens is 251 g/mol. The van der Waals surface area contributed by atoms with Crippen LogP contribution in [0, 0.1) is 5.82 Å². The highest BCUT2D eigenvalue weighted by molar-refractivity contribution is 9.09. The molecule has 0 saturated heterocycles. The van der Waals surface area contributed by atoms with Crippen molar-refractivity contribution in [3.8, 4) is 0 Å². The van der Waals surface area contributed by atoms with Gasteiger partial charge in [0.2, 0.25) is 0 Å². The van der Waals surface area contributed by atoms with Crippen molar-refractivity contribution in [2.24, 2.45) is 0 Å². The zero-order chi connectivity index (χ0) is 10.6. The third kappa shape index (κ3) is 2.77. The minimum absolute atomic E-state index is 0.140. The van der Waals surface area contributed by atoms with Crippen LogP contribution in [0.3, 0.4) is 0 Å². The first kappa shape index (κ1) is 11.6. The van der Waals surface area contributed by atoms with Crippen molar-refractivity contribution in [3.63, 3.8) is 0 Å². The van der Waals surface area contributed by atoms with Crippen molar-refractivity contribution in [2.45, 2.75) is 18.6 Å². The molecule has 2 nitrogen and oxygen atoms in total. The number of alkyl halides is 1. The Balaban J connectivity index is 2.78. The molecule has 1 aromatic carbocycles. The number of aliphatic hydroxyl groups is 2. The fourth-order valence-electron chi connectivity index (χ4n) is 1.19. The maximum atomic E-state index is 13.2. The number of hydrogen-bond acceptors (Lipinski definition) is 2. The van der Waals surface area contributed by atoms with Gasteiger partial charge in [0, 0.05) is 10.9 Å². The molecule has 0 saturated carbocycles. The Morgan fingerprint density at radius 3 is 2.50 bits per heavy atom. The second kappa shape index (κ2) is 5.44. The van der Waals surface area contributed by atoms with Gasteiger partial charge in [-0.3, -0.25) is 0 Å². The Morgan fingerprint density at radius 2 is 1.93 bits per heavy atom. The van der Waals surface area contributed by atoms with Crippen LogP contribution >= 0.6 is 15.9 Å². The van der Waals surface area contributed by atoms with Gasteiger partial charge in [-0.1, -0.05) is 34.1 Å². The maximum Gasteiger partial charge on any atom is 0.129 e. The molecule has 0 aliphatic carbocycles. The molecule has 2 atom stereocenters. The van der Waals surface area contributed by atoms with Crippen LogP contribution in [-0.4, -0.2) is 21.6 Å². The van der Waals surface area contributed by atoms with Gasteiger partial charge >= 0.3 is 0 Å². The summed E-state index contributed by atoms with van der Waals surface area (Å²) in [6.45, 7) is 0. The second-order valence-corrected chi connectivity index (χ2v) is 3.80. The molecule has 0 fully saturated rings. The Bertz CT molecular complexity index is 293. The summed E-state index contributed by atoms with van der Waals surface area (Å²) < 4.78 is 13.2. The van der Waals surface area contributed by atoms with Gasteiger partial charge < -0.3 is 10.2 Å². The van der Waals surface area contributed by atoms with E-state index in [1.807, 2.05) is 0 Å². The van der Waals surface area contributed by atoms with Crippen LogP contribution in [0.5, 0.6) is 0 Å². The summed E-state index contributed by atoms with van der Waals surface area (Å²) in [6, 6.07) is 5.90. The third-order valence-electron chi connectivity index (χ3n) is 1.99. The highest BCUT2D eigenvalue weighted by Crippen LogP contribution is 2.21. The molecular formula is C10H12BrFO2.